The van der Waals surface area contributed by atoms with Crippen LogP contribution in [0.2, 0.25) is 0 Å². The van der Waals surface area contributed by atoms with Crippen LogP contribution in [0.4, 0.5) is 22.7 Å². The smallest absolute Gasteiger partial charge is 0.699 e. The van der Waals surface area contributed by atoms with E-state index in [9.17, 15) is 0 Å². The van der Waals surface area contributed by atoms with Gasteiger partial charge in [-0.25, -0.2) is 0 Å². The number of hydrogen-bond donors (Lipinski definition) is 0. The van der Waals surface area contributed by atoms with Gasteiger partial charge in [0.15, 0.2) is 0 Å². The van der Waals surface area contributed by atoms with Crippen molar-refractivity contribution in [3.05, 3.63) is 144 Å². The van der Waals surface area contributed by atoms with Crippen LogP contribution in [0.3, 0.4) is 0 Å². The summed E-state index contributed by atoms with van der Waals surface area (Å²) >= 11 is 0. The van der Waals surface area contributed by atoms with Gasteiger partial charge in [0, 0.05) is 52.9 Å². The average molecular weight is 737 g/mol. The van der Waals surface area contributed by atoms with E-state index in [-0.39, 0.29) is 75.5 Å². The molecule has 50 heavy (non-hydrogen) atoms. The van der Waals surface area contributed by atoms with Gasteiger partial charge in [0.1, 0.15) is 0 Å². The largest absolute Gasteiger partial charge is 2.00 e. The Balaban J connectivity index is 0. The van der Waals surface area contributed by atoms with E-state index in [0.717, 1.165) is 52.9 Å². The molecular weight excluding hydrogens is 681 g/mol. The summed E-state index contributed by atoms with van der Waals surface area (Å²) in [5, 5.41) is 0. The molecule has 4 aromatic carbocycles. The van der Waals surface area contributed by atoms with Gasteiger partial charge in [-0.05, 0) is 51.4 Å². The molecule has 0 unspecified atom stereocenters. The zero-order valence-electron chi connectivity index (χ0n) is 29.9. The maximum atomic E-state index is 7.00. The Morgan fingerprint density at radius 2 is 0.400 bits per heavy atom. The Labute approximate surface area is 362 Å². The van der Waals surface area contributed by atoms with Crippen molar-refractivity contribution >= 4 is 98.2 Å². The summed E-state index contributed by atoms with van der Waals surface area (Å²) in [6.07, 6.45) is 10.2. The average Bonchev–Trinajstić information content (AvgIpc) is 3.98. The predicted molar refractivity (Wildman–Crippen MR) is 213 cm³/mol. The molecule has 0 aliphatic carbocycles. The summed E-state index contributed by atoms with van der Waals surface area (Å²) in [6, 6.07) is 36.4. The zero-order chi connectivity index (χ0) is 34.6. The molecule has 4 aliphatic rings. The quantitative estimate of drug-likeness (QED) is 0.166. The molecule has 0 amide bonds. The fraction of sp³-hybridized carbons (Fsp3) is 0.400. The van der Waals surface area contributed by atoms with Crippen molar-refractivity contribution < 1.29 is 18.9 Å². The maximum absolute atomic E-state index is 7.00. The molecule has 0 bridgehead atoms. The normalized spacial score (nSPS) is 14.4. The second kappa shape index (κ2) is 40.2. The molecule has 0 spiro atoms. The van der Waals surface area contributed by atoms with E-state index in [4.69, 9.17) is 41.9 Å². The van der Waals surface area contributed by atoms with Gasteiger partial charge in [-0.2, -0.15) is 0 Å². The maximum Gasteiger partial charge on any atom is 2.00 e. The van der Waals surface area contributed by atoms with Crippen LogP contribution in [0.1, 0.15) is 51.4 Å². The Morgan fingerprint density at radius 1 is 0.260 bits per heavy atom. The summed E-state index contributed by atoms with van der Waals surface area (Å²) in [5.41, 5.74) is 30.3. The van der Waals surface area contributed by atoms with Gasteiger partial charge in [0.05, 0.1) is 0 Å². The van der Waals surface area contributed by atoms with Crippen molar-refractivity contribution in [3.8, 4) is 0 Å². The van der Waals surface area contributed by atoms with Crippen LogP contribution in [0.15, 0.2) is 121 Å². The predicted octanol–water partition coefficient (Wildman–Crippen LogP) is 11.9. The topological polar surface area (TPSA) is 132 Å². The molecule has 10 heteroatoms. The van der Waals surface area contributed by atoms with E-state index in [1.165, 1.54) is 51.4 Å². The molecule has 4 N–H and O–H groups in total. The minimum Gasteiger partial charge on any atom is -0.699 e. The Hall–Kier alpha value is -1.56. The van der Waals surface area contributed by atoms with Crippen molar-refractivity contribution in [1.82, 2.24) is 0 Å². The van der Waals surface area contributed by atoms with Crippen LogP contribution in [0.5, 0.6) is 0 Å². The van der Waals surface area contributed by atoms with Gasteiger partial charge in [-0.3, -0.25) is 0 Å². The fourth-order valence-corrected chi connectivity index (χ4v) is 3.79. The van der Waals surface area contributed by atoms with Crippen molar-refractivity contribution in [2.45, 2.75) is 51.4 Å². The monoisotopic (exact) mass is 736 g/mol. The first kappa shape index (κ1) is 50.5. The van der Waals surface area contributed by atoms with Crippen LogP contribution in [-0.4, -0.2) is 128 Å². The summed E-state index contributed by atoms with van der Waals surface area (Å²) in [6.45, 7) is 8.00. The van der Waals surface area contributed by atoms with Gasteiger partial charge in [-0.1, -0.05) is 121 Å². The fourth-order valence-electron chi connectivity index (χ4n) is 3.79. The molecule has 4 aliphatic heterocycles. The molecule has 4 saturated heterocycles. The molecule has 0 saturated carbocycles. The van der Waals surface area contributed by atoms with Gasteiger partial charge >= 0.3 is 75.5 Å². The zero-order valence-corrected chi connectivity index (χ0v) is 34.3. The van der Waals surface area contributed by atoms with Crippen molar-refractivity contribution in [2.24, 2.45) is 0 Å². The molecule has 4 aromatic rings. The SMILES string of the molecule is C1CCOC1.C1CCOC1.C1CCOC1.C1CCOC1.[Ca+2].[Ca+2].[NH-]c1ccccc1.[NH-]c1ccccc1.[NH-]c1ccccc1.[NH-]c1ccccc1. The van der Waals surface area contributed by atoms with Gasteiger partial charge < -0.3 is 41.9 Å². The second-order valence-corrected chi connectivity index (χ2v) is 10.7. The number of nitrogens with one attached hydrogen (secondary N) is 4. The van der Waals surface area contributed by atoms with Gasteiger partial charge in [-0.15, -0.1) is 22.7 Å². The summed E-state index contributed by atoms with van der Waals surface area (Å²) < 4.78 is 19.8. The van der Waals surface area contributed by atoms with E-state index in [1.54, 1.807) is 48.5 Å². The minimum atomic E-state index is 0. The van der Waals surface area contributed by atoms with Crippen molar-refractivity contribution in [2.75, 3.05) is 52.9 Å². The van der Waals surface area contributed by atoms with E-state index < -0.39 is 0 Å². The van der Waals surface area contributed by atoms with Crippen molar-refractivity contribution in [1.29, 1.82) is 0 Å². The third-order valence-electron chi connectivity index (χ3n) is 6.40. The van der Waals surface area contributed by atoms with Crippen LogP contribution >= 0.6 is 0 Å². The number of ether oxygens (including phenoxy) is 4. The third kappa shape index (κ3) is 37.7. The molecule has 0 radical (unpaired) electrons. The third-order valence-corrected chi connectivity index (χ3v) is 6.40. The molecular formula is C40H56Ca2N4O4. The van der Waals surface area contributed by atoms with Crippen LogP contribution in [0, 0.1) is 0 Å². The van der Waals surface area contributed by atoms with Gasteiger partial charge in [0.25, 0.3) is 0 Å². The van der Waals surface area contributed by atoms with E-state index in [1.807, 2.05) is 72.8 Å². The standard InChI is InChI=1S/4C6H6N.4C4H8O.2Ca/c4*7-6-4-2-1-3-5-6;4*1-2-4-5-3-1;;/h4*1-5,7H;4*1-4H2;;/q4*-1;;;;;2*+2. The first-order chi connectivity index (χ1) is 23.6. The van der Waals surface area contributed by atoms with Crippen LogP contribution < -0.4 is 0 Å². The molecule has 4 heterocycles. The second-order valence-electron chi connectivity index (χ2n) is 10.7. The first-order valence-corrected chi connectivity index (χ1v) is 17.0. The summed E-state index contributed by atoms with van der Waals surface area (Å²) in [4.78, 5) is 0. The molecule has 264 valence electrons. The molecule has 0 aromatic heterocycles. The molecule has 0 atom stereocenters. The molecule has 8 rings (SSSR count). The Bertz CT molecular complexity index is 949. The van der Waals surface area contributed by atoms with Gasteiger partial charge in [0.2, 0.25) is 0 Å². The number of hydrogen-bond acceptors (Lipinski definition) is 4. The first-order valence-electron chi connectivity index (χ1n) is 17.0. The van der Waals surface area contributed by atoms with Crippen LogP contribution in [0.25, 0.3) is 22.9 Å². The van der Waals surface area contributed by atoms with E-state index in [0.29, 0.717) is 22.7 Å². The van der Waals surface area contributed by atoms with Crippen molar-refractivity contribution in [3.63, 3.8) is 0 Å². The summed E-state index contributed by atoms with van der Waals surface area (Å²) in [5.74, 6) is 0. The van der Waals surface area contributed by atoms with E-state index >= 15 is 0 Å². The Morgan fingerprint density at radius 3 is 0.460 bits per heavy atom. The van der Waals surface area contributed by atoms with E-state index in [2.05, 4.69) is 0 Å². The van der Waals surface area contributed by atoms with Crippen LogP contribution in [-0.2, 0) is 18.9 Å². The number of rotatable bonds is 0. The summed E-state index contributed by atoms with van der Waals surface area (Å²) in [7, 11) is 0. The number of benzene rings is 4. The molecule has 8 nitrogen and oxygen atoms in total. The minimum absolute atomic E-state index is 0. The molecule has 4 fully saturated rings. The Kier molecular flexibility index (Phi) is 40.7.